The highest BCUT2D eigenvalue weighted by atomic mass is 32.2. The summed E-state index contributed by atoms with van der Waals surface area (Å²) in [6, 6.07) is 41.9. The van der Waals surface area contributed by atoms with Gasteiger partial charge in [0.2, 0.25) is 4.38 Å². The Morgan fingerprint density at radius 1 is 0.651 bits per heavy atom. The molecule has 0 saturated carbocycles. The Hall–Kier alpha value is -6.18. The lowest BCUT2D eigenvalue weighted by Crippen LogP contribution is -2.60. The van der Waals surface area contributed by atoms with Crippen LogP contribution in [-0.4, -0.2) is 68.4 Å². The van der Waals surface area contributed by atoms with Crippen LogP contribution in [0.4, 0.5) is 9.59 Å². The van der Waals surface area contributed by atoms with Crippen LogP contribution in [-0.2, 0) is 39.9 Å². The minimum atomic E-state index is -1.43. The van der Waals surface area contributed by atoms with Gasteiger partial charge in [0.25, 0.3) is 0 Å². The standard InChI is InChI=1S/C50H50N2O9S2/c1-50(2,3)61-48(56)51-38(45(53)59-43(36-26-16-8-17-27-36)40(51)34-22-12-6-13-23-34)30-31-39(58-49(62)63-4)42-46(54)60-44(37-28-18-9-19-29-37)41(35-24-14-7-15-25-35)52(42)47(55)57-32-33-20-10-5-11-21-33/h5-29,38-44H,30-32H2,1-4H3/t38-,39+,40-,41+,42+,43+,44-/m0/s1. The first-order chi connectivity index (χ1) is 30.4. The first-order valence-electron chi connectivity index (χ1n) is 20.8. The zero-order valence-corrected chi connectivity index (χ0v) is 37.1. The smallest absolute Gasteiger partial charge is 0.411 e. The van der Waals surface area contributed by atoms with Crippen LogP contribution in [0.25, 0.3) is 0 Å². The number of cyclic esters (lactones) is 2. The Bertz CT molecular complexity index is 2330. The lowest BCUT2D eigenvalue weighted by Gasteiger charge is -2.47. The van der Waals surface area contributed by atoms with Crippen molar-refractivity contribution in [1.82, 2.24) is 9.80 Å². The molecule has 2 aliphatic rings. The van der Waals surface area contributed by atoms with Crippen molar-refractivity contribution in [3.63, 3.8) is 0 Å². The molecule has 2 amide bonds. The van der Waals surface area contributed by atoms with Crippen LogP contribution < -0.4 is 0 Å². The molecule has 2 saturated heterocycles. The summed E-state index contributed by atoms with van der Waals surface area (Å²) in [5.74, 6) is -1.44. The Morgan fingerprint density at radius 2 is 1.10 bits per heavy atom. The second-order valence-electron chi connectivity index (χ2n) is 16.2. The van der Waals surface area contributed by atoms with Gasteiger partial charge in [-0.25, -0.2) is 19.2 Å². The van der Waals surface area contributed by atoms with Crippen LogP contribution in [0.3, 0.4) is 0 Å². The number of amides is 2. The number of morpholine rings is 2. The van der Waals surface area contributed by atoms with Gasteiger partial charge in [0.05, 0.1) is 0 Å². The summed E-state index contributed by atoms with van der Waals surface area (Å²) < 4.78 is 31.2. The van der Waals surface area contributed by atoms with Crippen LogP contribution in [0, 0.1) is 0 Å². The highest BCUT2D eigenvalue weighted by Gasteiger charge is 2.54. The summed E-state index contributed by atoms with van der Waals surface area (Å²) in [5.41, 5.74) is 2.57. The van der Waals surface area contributed by atoms with Crippen molar-refractivity contribution >= 4 is 52.5 Å². The highest BCUT2D eigenvalue weighted by Crippen LogP contribution is 2.46. The normalized spacial score (nSPS) is 21.7. The summed E-state index contributed by atoms with van der Waals surface area (Å²) in [7, 11) is 0. The van der Waals surface area contributed by atoms with E-state index in [0.717, 1.165) is 17.3 Å². The van der Waals surface area contributed by atoms with Gasteiger partial charge < -0.3 is 23.7 Å². The van der Waals surface area contributed by atoms with Crippen LogP contribution in [0.15, 0.2) is 152 Å². The van der Waals surface area contributed by atoms with E-state index < -0.39 is 72.2 Å². The molecule has 7 rings (SSSR count). The monoisotopic (exact) mass is 886 g/mol. The molecule has 2 heterocycles. The predicted octanol–water partition coefficient (Wildman–Crippen LogP) is 10.5. The molecule has 0 bridgehead atoms. The van der Waals surface area contributed by atoms with E-state index in [4.69, 9.17) is 35.9 Å². The van der Waals surface area contributed by atoms with Gasteiger partial charge in [-0.05, 0) is 79.9 Å². The summed E-state index contributed by atoms with van der Waals surface area (Å²) in [5, 5.41) is 0. The molecule has 7 atom stereocenters. The Morgan fingerprint density at radius 3 is 1.57 bits per heavy atom. The molecular weight excluding hydrogens is 837 g/mol. The van der Waals surface area contributed by atoms with Gasteiger partial charge >= 0.3 is 24.1 Å². The Labute approximate surface area is 377 Å². The maximum absolute atomic E-state index is 14.8. The third-order valence-electron chi connectivity index (χ3n) is 10.9. The van der Waals surface area contributed by atoms with E-state index in [9.17, 15) is 19.2 Å². The molecule has 0 spiro atoms. The second-order valence-corrected chi connectivity index (χ2v) is 17.6. The van der Waals surface area contributed by atoms with Gasteiger partial charge in [-0.3, -0.25) is 9.80 Å². The number of esters is 2. The van der Waals surface area contributed by atoms with Crippen molar-refractivity contribution in [3.8, 4) is 0 Å². The maximum Gasteiger partial charge on any atom is 0.411 e. The fourth-order valence-corrected chi connectivity index (χ4v) is 8.45. The minimum absolute atomic E-state index is 0.0724. The van der Waals surface area contributed by atoms with Crippen LogP contribution >= 0.6 is 24.0 Å². The molecule has 0 aromatic heterocycles. The predicted molar refractivity (Wildman–Crippen MR) is 243 cm³/mol. The largest absolute Gasteiger partial charge is 0.472 e. The average molecular weight is 887 g/mol. The average Bonchev–Trinajstić information content (AvgIpc) is 3.30. The molecule has 2 fully saturated rings. The third-order valence-corrected chi connectivity index (χ3v) is 11.9. The first kappa shape index (κ1) is 44.9. The molecule has 11 nitrogen and oxygen atoms in total. The van der Waals surface area contributed by atoms with Crippen molar-refractivity contribution < 1.29 is 42.9 Å². The number of ether oxygens (including phenoxy) is 5. The van der Waals surface area contributed by atoms with E-state index in [1.54, 1.807) is 27.0 Å². The molecule has 5 aromatic carbocycles. The summed E-state index contributed by atoms with van der Waals surface area (Å²) in [6.07, 6.45) is -2.95. The number of thioether (sulfide) groups is 1. The molecule has 0 unspecified atom stereocenters. The lowest BCUT2D eigenvalue weighted by molar-refractivity contribution is -0.180. The Balaban J connectivity index is 1.31. The van der Waals surface area contributed by atoms with Crippen molar-refractivity contribution in [2.75, 3.05) is 6.26 Å². The SMILES string of the molecule is CSC(=S)O[C@H](CC[C@H]1C(=O)O[C@H](c2ccccc2)[C@H](c2ccccc2)N1C(=O)OC(C)(C)C)[C@@H]1C(=O)O[C@@H](c2ccccc2)[C@@H](c2ccccc2)N1C(=O)OCc1ccccc1. The van der Waals surface area contributed by atoms with E-state index in [1.807, 2.05) is 152 Å². The van der Waals surface area contributed by atoms with Crippen molar-refractivity contribution in [2.24, 2.45) is 0 Å². The molecule has 326 valence electrons. The quantitative estimate of drug-likeness (QED) is 0.0716. The molecule has 0 N–H and O–H groups in total. The van der Waals surface area contributed by atoms with E-state index in [-0.39, 0.29) is 23.8 Å². The molecule has 0 aliphatic carbocycles. The lowest BCUT2D eigenvalue weighted by atomic mass is 9.88. The van der Waals surface area contributed by atoms with Crippen molar-refractivity contribution in [3.05, 3.63) is 179 Å². The fourth-order valence-electron chi connectivity index (χ4n) is 8.11. The van der Waals surface area contributed by atoms with Gasteiger partial charge in [-0.2, -0.15) is 0 Å². The minimum Gasteiger partial charge on any atom is -0.472 e. The number of rotatable bonds is 11. The van der Waals surface area contributed by atoms with Gasteiger partial charge in [-0.15, -0.1) is 0 Å². The number of benzene rings is 5. The first-order valence-corrected chi connectivity index (χ1v) is 22.4. The number of hydrogen-bond donors (Lipinski definition) is 0. The van der Waals surface area contributed by atoms with Gasteiger partial charge in [0.1, 0.15) is 36.4 Å². The molecule has 5 aromatic rings. The van der Waals surface area contributed by atoms with Crippen LogP contribution in [0.5, 0.6) is 0 Å². The number of carbonyl (C=O) groups excluding carboxylic acids is 4. The topological polar surface area (TPSA) is 121 Å². The fraction of sp³-hybridized carbons (Fsp3) is 0.300. The number of thiocarbonyl (C=S) groups is 1. The van der Waals surface area contributed by atoms with E-state index in [1.165, 1.54) is 9.80 Å². The number of carbonyl (C=O) groups is 4. The zero-order valence-electron chi connectivity index (χ0n) is 35.5. The molecule has 13 heteroatoms. The van der Waals surface area contributed by atoms with E-state index in [2.05, 4.69) is 0 Å². The molecule has 2 aliphatic heterocycles. The van der Waals surface area contributed by atoms with Crippen LogP contribution in [0.1, 0.15) is 85.7 Å². The zero-order chi connectivity index (χ0) is 44.5. The summed E-state index contributed by atoms with van der Waals surface area (Å²) in [4.78, 5) is 61.4. The van der Waals surface area contributed by atoms with Gasteiger partial charge in [0, 0.05) is 0 Å². The highest BCUT2D eigenvalue weighted by molar-refractivity contribution is 8.22. The van der Waals surface area contributed by atoms with Crippen molar-refractivity contribution in [1.29, 1.82) is 0 Å². The molecular formula is C50H50N2O9S2. The van der Waals surface area contributed by atoms with Crippen LogP contribution in [0.2, 0.25) is 0 Å². The summed E-state index contributed by atoms with van der Waals surface area (Å²) in [6.45, 7) is 5.20. The van der Waals surface area contributed by atoms with E-state index >= 15 is 0 Å². The van der Waals surface area contributed by atoms with E-state index in [0.29, 0.717) is 22.3 Å². The second kappa shape index (κ2) is 20.3. The molecule has 0 radical (unpaired) electrons. The number of nitrogens with zero attached hydrogens (tertiary/aromatic N) is 2. The van der Waals surface area contributed by atoms with Gasteiger partial charge in [-0.1, -0.05) is 163 Å². The molecule has 63 heavy (non-hydrogen) atoms. The maximum atomic E-state index is 14.8. The number of hydrogen-bond acceptors (Lipinski definition) is 11. The van der Waals surface area contributed by atoms with Crippen molar-refractivity contribution in [2.45, 2.75) is 88.3 Å². The Kier molecular flexibility index (Phi) is 14.5. The summed E-state index contributed by atoms with van der Waals surface area (Å²) >= 11 is 6.78. The van der Waals surface area contributed by atoms with Gasteiger partial charge in [0.15, 0.2) is 18.2 Å². The third kappa shape index (κ3) is 10.7.